The second-order valence-corrected chi connectivity index (χ2v) is 3.42. The molecule has 0 fully saturated rings. The van der Waals surface area contributed by atoms with Crippen LogP contribution in [0.15, 0.2) is 42.7 Å². The van der Waals surface area contributed by atoms with Gasteiger partial charge in [0.25, 0.3) is 0 Å². The van der Waals surface area contributed by atoms with Gasteiger partial charge < -0.3 is 9.14 Å². The summed E-state index contributed by atoms with van der Waals surface area (Å²) in [5, 5.41) is 0. The van der Waals surface area contributed by atoms with E-state index in [0.29, 0.717) is 0 Å². The van der Waals surface area contributed by atoms with Gasteiger partial charge in [-0.2, -0.15) is 0 Å². The number of hydrogen-bond acceptors (Lipinski definition) is 2. The molecule has 3 aromatic rings. The molecule has 0 unspecified atom stereocenters. The van der Waals surface area contributed by atoms with Crippen LogP contribution in [0.5, 0.6) is 5.75 Å². The normalized spacial score (nSPS) is 11.0. The van der Waals surface area contributed by atoms with Crippen molar-refractivity contribution in [3.63, 3.8) is 0 Å². The first kappa shape index (κ1) is 8.29. The maximum atomic E-state index is 5.17. The molecule has 0 amide bonds. The molecular formula is C12H10N2O. The summed E-state index contributed by atoms with van der Waals surface area (Å²) in [6.07, 6.45) is 3.90. The molecule has 0 radical (unpaired) electrons. The molecule has 0 saturated carbocycles. The lowest BCUT2D eigenvalue weighted by Crippen LogP contribution is -1.90. The topological polar surface area (TPSA) is 26.5 Å². The van der Waals surface area contributed by atoms with E-state index in [-0.39, 0.29) is 0 Å². The Morgan fingerprint density at radius 2 is 2.20 bits per heavy atom. The minimum atomic E-state index is 0.835. The molecule has 0 saturated heterocycles. The van der Waals surface area contributed by atoms with Gasteiger partial charge in [0.2, 0.25) is 0 Å². The molecular weight excluding hydrogens is 188 g/mol. The lowest BCUT2D eigenvalue weighted by atomic mass is 10.3. The van der Waals surface area contributed by atoms with Gasteiger partial charge in [-0.15, -0.1) is 0 Å². The second kappa shape index (κ2) is 2.98. The zero-order chi connectivity index (χ0) is 10.3. The maximum Gasteiger partial charge on any atom is 0.121 e. The third-order valence-corrected chi connectivity index (χ3v) is 2.56. The van der Waals surface area contributed by atoms with E-state index in [1.165, 1.54) is 0 Å². The highest BCUT2D eigenvalue weighted by Gasteiger charge is 2.01. The van der Waals surface area contributed by atoms with Crippen molar-refractivity contribution in [1.82, 2.24) is 9.38 Å². The summed E-state index contributed by atoms with van der Waals surface area (Å²) < 4.78 is 7.28. The zero-order valence-corrected chi connectivity index (χ0v) is 8.34. The van der Waals surface area contributed by atoms with E-state index >= 15 is 0 Å². The van der Waals surface area contributed by atoms with Crippen molar-refractivity contribution in [3.05, 3.63) is 42.7 Å². The number of ether oxygens (including phenoxy) is 1. The summed E-state index contributed by atoms with van der Waals surface area (Å²) in [7, 11) is 1.66. The molecule has 2 heterocycles. The van der Waals surface area contributed by atoms with Crippen LogP contribution in [-0.4, -0.2) is 16.5 Å². The van der Waals surface area contributed by atoms with Gasteiger partial charge >= 0.3 is 0 Å². The monoisotopic (exact) mass is 198 g/mol. The second-order valence-electron chi connectivity index (χ2n) is 3.42. The summed E-state index contributed by atoms with van der Waals surface area (Å²) in [5.41, 5.74) is 3.14. The standard InChI is InChI=1S/C12H10N2O/c1-15-10-4-5-12-11(7-10)13-8-9-3-2-6-14(9)12/h2-8H,1H3. The molecule has 3 heteroatoms. The van der Waals surface area contributed by atoms with Crippen LogP contribution in [0, 0.1) is 0 Å². The van der Waals surface area contributed by atoms with Gasteiger partial charge in [0, 0.05) is 12.3 Å². The van der Waals surface area contributed by atoms with Gasteiger partial charge in [-0.1, -0.05) is 0 Å². The average Bonchev–Trinajstić information content (AvgIpc) is 2.76. The average molecular weight is 198 g/mol. The third kappa shape index (κ3) is 1.16. The number of benzene rings is 1. The Hall–Kier alpha value is -2.03. The van der Waals surface area contributed by atoms with Crippen LogP contribution >= 0.6 is 0 Å². The van der Waals surface area contributed by atoms with Crippen LogP contribution in [0.25, 0.3) is 16.6 Å². The lowest BCUT2D eigenvalue weighted by molar-refractivity contribution is 0.415. The molecule has 0 aliphatic heterocycles. The zero-order valence-electron chi connectivity index (χ0n) is 8.34. The number of hydrogen-bond donors (Lipinski definition) is 0. The van der Waals surface area contributed by atoms with E-state index in [1.807, 2.05) is 42.7 Å². The van der Waals surface area contributed by atoms with Crippen molar-refractivity contribution in [3.8, 4) is 5.75 Å². The quantitative estimate of drug-likeness (QED) is 0.600. The molecule has 0 atom stereocenters. The Morgan fingerprint density at radius 1 is 1.27 bits per heavy atom. The minimum Gasteiger partial charge on any atom is -0.497 e. The largest absolute Gasteiger partial charge is 0.497 e. The Balaban J connectivity index is 2.44. The molecule has 0 aliphatic rings. The van der Waals surface area contributed by atoms with E-state index in [4.69, 9.17) is 4.74 Å². The Labute approximate surface area is 86.9 Å². The predicted octanol–water partition coefficient (Wildman–Crippen LogP) is 2.50. The van der Waals surface area contributed by atoms with Crippen LogP contribution in [0.3, 0.4) is 0 Å². The minimum absolute atomic E-state index is 0.835. The van der Waals surface area contributed by atoms with Crippen LogP contribution in [0.2, 0.25) is 0 Å². The van der Waals surface area contributed by atoms with Gasteiger partial charge in [-0.25, -0.2) is 0 Å². The SMILES string of the molecule is COc1ccc2c(c1)ncc1cccn12. The maximum absolute atomic E-state index is 5.17. The molecule has 3 rings (SSSR count). The molecule has 0 aliphatic carbocycles. The van der Waals surface area contributed by atoms with Gasteiger partial charge in [-0.05, 0) is 24.3 Å². The van der Waals surface area contributed by atoms with Gasteiger partial charge in [0.05, 0.1) is 29.9 Å². The number of fused-ring (bicyclic) bond motifs is 3. The summed E-state index contributed by atoms with van der Waals surface area (Å²) >= 11 is 0. The Kier molecular flexibility index (Phi) is 1.65. The molecule has 2 aromatic heterocycles. The molecule has 74 valence electrons. The molecule has 3 nitrogen and oxygen atoms in total. The van der Waals surface area contributed by atoms with Crippen molar-refractivity contribution in [1.29, 1.82) is 0 Å². The number of rotatable bonds is 1. The highest BCUT2D eigenvalue weighted by Crippen LogP contribution is 2.20. The number of aromatic nitrogens is 2. The summed E-state index contributed by atoms with van der Waals surface area (Å²) in [4.78, 5) is 4.39. The van der Waals surface area contributed by atoms with Crippen LogP contribution in [0.4, 0.5) is 0 Å². The summed E-state index contributed by atoms with van der Waals surface area (Å²) in [6, 6.07) is 9.96. The van der Waals surface area contributed by atoms with Gasteiger partial charge in [0.15, 0.2) is 0 Å². The highest BCUT2D eigenvalue weighted by molar-refractivity contribution is 5.79. The van der Waals surface area contributed by atoms with Crippen molar-refractivity contribution in [2.75, 3.05) is 7.11 Å². The van der Waals surface area contributed by atoms with E-state index in [2.05, 4.69) is 9.38 Å². The van der Waals surface area contributed by atoms with Crippen molar-refractivity contribution >= 4 is 16.6 Å². The van der Waals surface area contributed by atoms with Crippen molar-refractivity contribution in [2.45, 2.75) is 0 Å². The molecule has 0 N–H and O–H groups in total. The van der Waals surface area contributed by atoms with Gasteiger partial charge in [-0.3, -0.25) is 4.98 Å². The van der Waals surface area contributed by atoms with Crippen molar-refractivity contribution in [2.24, 2.45) is 0 Å². The molecule has 1 aromatic carbocycles. The van der Waals surface area contributed by atoms with Crippen LogP contribution in [-0.2, 0) is 0 Å². The summed E-state index contributed by atoms with van der Waals surface area (Å²) in [5.74, 6) is 0.835. The first-order valence-corrected chi connectivity index (χ1v) is 4.78. The Morgan fingerprint density at radius 3 is 3.07 bits per heavy atom. The molecule has 0 spiro atoms. The van der Waals surface area contributed by atoms with E-state index < -0.39 is 0 Å². The van der Waals surface area contributed by atoms with E-state index in [9.17, 15) is 0 Å². The molecule has 0 bridgehead atoms. The van der Waals surface area contributed by atoms with Gasteiger partial charge in [0.1, 0.15) is 5.75 Å². The Bertz CT molecular complexity index is 628. The summed E-state index contributed by atoms with van der Waals surface area (Å²) in [6.45, 7) is 0. The highest BCUT2D eigenvalue weighted by atomic mass is 16.5. The fourth-order valence-corrected chi connectivity index (χ4v) is 1.79. The number of nitrogens with zero attached hydrogens (tertiary/aromatic N) is 2. The molecule has 15 heavy (non-hydrogen) atoms. The fourth-order valence-electron chi connectivity index (χ4n) is 1.79. The predicted molar refractivity (Wildman–Crippen MR) is 59.3 cm³/mol. The smallest absolute Gasteiger partial charge is 0.121 e. The number of methoxy groups -OCH3 is 1. The van der Waals surface area contributed by atoms with E-state index in [0.717, 1.165) is 22.3 Å². The van der Waals surface area contributed by atoms with Crippen LogP contribution in [0.1, 0.15) is 0 Å². The third-order valence-electron chi connectivity index (χ3n) is 2.56. The van der Waals surface area contributed by atoms with Crippen LogP contribution < -0.4 is 4.74 Å². The van der Waals surface area contributed by atoms with E-state index in [1.54, 1.807) is 7.11 Å². The lowest BCUT2D eigenvalue weighted by Gasteiger charge is -2.04. The fraction of sp³-hybridized carbons (Fsp3) is 0.0833. The van der Waals surface area contributed by atoms with Crippen molar-refractivity contribution < 1.29 is 4.74 Å². The first-order valence-electron chi connectivity index (χ1n) is 4.78. The first-order chi connectivity index (χ1) is 7.38.